The molecule has 1 saturated carbocycles. The monoisotopic (exact) mass is 509 g/mol. The highest BCUT2D eigenvalue weighted by molar-refractivity contribution is 14.0. The predicted molar refractivity (Wildman–Crippen MR) is 125 cm³/mol. The van der Waals surface area contributed by atoms with Crippen LogP contribution in [0, 0.1) is 5.41 Å². The molecule has 1 saturated heterocycles. The number of likely N-dealkylation sites (tertiary alicyclic amines) is 1. The number of aliphatic imine (C=N–C) groups is 1. The Morgan fingerprint density at radius 3 is 2.43 bits per heavy atom. The van der Waals surface area contributed by atoms with Gasteiger partial charge in [0.25, 0.3) is 0 Å². The van der Waals surface area contributed by atoms with E-state index in [4.69, 9.17) is 9.73 Å². The summed E-state index contributed by atoms with van der Waals surface area (Å²) >= 11 is 0. The molecule has 0 atom stereocenters. The van der Waals surface area contributed by atoms with Crippen LogP contribution in [0.25, 0.3) is 0 Å². The van der Waals surface area contributed by atoms with Crippen LogP contribution < -0.4 is 10.6 Å². The standard InChI is InChI=1S/C20H39N5O2.HI/c1-5-21-19(23-17-8-12-25(13-9-17)14-15-27-4)22-16-20(10-6-7-11-20)18(26)24(2)3;/h17H,5-16H2,1-4H3,(H2,21,22,23);1H. The van der Waals surface area contributed by atoms with Crippen LogP contribution in [0.1, 0.15) is 45.4 Å². The van der Waals surface area contributed by atoms with Gasteiger partial charge in [0.15, 0.2) is 5.96 Å². The van der Waals surface area contributed by atoms with Gasteiger partial charge in [-0.15, -0.1) is 24.0 Å². The van der Waals surface area contributed by atoms with Gasteiger partial charge in [-0.2, -0.15) is 0 Å². The van der Waals surface area contributed by atoms with Crippen LogP contribution in [0.3, 0.4) is 0 Å². The molecule has 1 aliphatic heterocycles. The van der Waals surface area contributed by atoms with E-state index in [9.17, 15) is 4.79 Å². The third-order valence-electron chi connectivity index (χ3n) is 5.84. The number of ether oxygens (including phenoxy) is 1. The summed E-state index contributed by atoms with van der Waals surface area (Å²) < 4.78 is 5.18. The van der Waals surface area contributed by atoms with E-state index in [0.29, 0.717) is 12.6 Å². The third-order valence-corrected chi connectivity index (χ3v) is 5.84. The van der Waals surface area contributed by atoms with Gasteiger partial charge < -0.3 is 25.2 Å². The first-order valence-corrected chi connectivity index (χ1v) is 10.5. The molecule has 2 aliphatic rings. The lowest BCUT2D eigenvalue weighted by atomic mass is 9.85. The first kappa shape index (κ1) is 25.4. The normalized spacial score (nSPS) is 20.5. The van der Waals surface area contributed by atoms with E-state index in [1.54, 1.807) is 12.0 Å². The molecule has 8 heteroatoms. The molecule has 0 aromatic heterocycles. The minimum Gasteiger partial charge on any atom is -0.383 e. The number of amides is 1. The van der Waals surface area contributed by atoms with Gasteiger partial charge in [0.1, 0.15) is 0 Å². The van der Waals surface area contributed by atoms with Crippen LogP contribution in [0.2, 0.25) is 0 Å². The molecule has 1 amide bonds. The first-order chi connectivity index (χ1) is 13.0. The van der Waals surface area contributed by atoms with E-state index in [2.05, 4.69) is 22.5 Å². The minimum absolute atomic E-state index is 0. The molecule has 0 bridgehead atoms. The van der Waals surface area contributed by atoms with Crippen molar-refractivity contribution in [3.63, 3.8) is 0 Å². The van der Waals surface area contributed by atoms with Gasteiger partial charge >= 0.3 is 0 Å². The number of guanidine groups is 1. The fourth-order valence-electron chi connectivity index (χ4n) is 4.23. The predicted octanol–water partition coefficient (Wildman–Crippen LogP) is 1.92. The van der Waals surface area contributed by atoms with Crippen molar-refractivity contribution in [3.8, 4) is 0 Å². The van der Waals surface area contributed by atoms with E-state index in [-0.39, 0.29) is 35.3 Å². The van der Waals surface area contributed by atoms with Gasteiger partial charge in [0.2, 0.25) is 5.91 Å². The van der Waals surface area contributed by atoms with E-state index < -0.39 is 0 Å². The molecule has 2 N–H and O–H groups in total. The second-order valence-electron chi connectivity index (χ2n) is 8.14. The Morgan fingerprint density at radius 2 is 1.89 bits per heavy atom. The fraction of sp³-hybridized carbons (Fsp3) is 0.900. The van der Waals surface area contributed by atoms with Crippen LogP contribution in [-0.4, -0.2) is 88.2 Å². The van der Waals surface area contributed by atoms with Gasteiger partial charge in [0.05, 0.1) is 18.6 Å². The Balaban J connectivity index is 0.00000392. The van der Waals surface area contributed by atoms with Crippen molar-refractivity contribution >= 4 is 35.8 Å². The number of piperidine rings is 1. The number of hydrogen-bond donors (Lipinski definition) is 2. The molecule has 0 aromatic rings. The lowest BCUT2D eigenvalue weighted by molar-refractivity contribution is -0.138. The van der Waals surface area contributed by atoms with Crippen LogP contribution in [0.4, 0.5) is 0 Å². The Bertz CT molecular complexity index is 487. The van der Waals surface area contributed by atoms with Crippen LogP contribution in [-0.2, 0) is 9.53 Å². The zero-order valence-electron chi connectivity index (χ0n) is 18.1. The fourth-order valence-corrected chi connectivity index (χ4v) is 4.23. The van der Waals surface area contributed by atoms with Gasteiger partial charge in [-0.05, 0) is 32.6 Å². The second kappa shape index (κ2) is 12.8. The summed E-state index contributed by atoms with van der Waals surface area (Å²) in [6, 6.07) is 0.436. The van der Waals surface area contributed by atoms with Crippen LogP contribution >= 0.6 is 24.0 Å². The van der Waals surface area contributed by atoms with Crippen LogP contribution in [0.15, 0.2) is 4.99 Å². The third kappa shape index (κ3) is 7.33. The molecule has 7 nitrogen and oxygen atoms in total. The number of halogens is 1. The van der Waals surface area contributed by atoms with Gasteiger partial charge in [0, 0.05) is 53.4 Å². The molecule has 164 valence electrons. The molecular weight excluding hydrogens is 469 g/mol. The number of carbonyl (C=O) groups excluding carboxylic acids is 1. The molecule has 1 aliphatic carbocycles. The number of hydrogen-bond acceptors (Lipinski definition) is 4. The van der Waals surface area contributed by atoms with Gasteiger partial charge in [-0.3, -0.25) is 9.79 Å². The Kier molecular flexibility index (Phi) is 11.7. The van der Waals surface area contributed by atoms with Gasteiger partial charge in [-0.1, -0.05) is 12.8 Å². The van der Waals surface area contributed by atoms with Crippen molar-refractivity contribution in [2.24, 2.45) is 10.4 Å². The molecule has 0 unspecified atom stereocenters. The highest BCUT2D eigenvalue weighted by Crippen LogP contribution is 2.39. The van der Waals surface area contributed by atoms with E-state index in [1.807, 2.05) is 14.1 Å². The summed E-state index contributed by atoms with van der Waals surface area (Å²) in [4.78, 5) is 21.8. The molecule has 2 fully saturated rings. The molecule has 0 spiro atoms. The highest BCUT2D eigenvalue weighted by atomic mass is 127. The lowest BCUT2D eigenvalue weighted by Crippen LogP contribution is -2.49. The zero-order valence-corrected chi connectivity index (χ0v) is 20.5. The lowest BCUT2D eigenvalue weighted by Gasteiger charge is -2.33. The largest absolute Gasteiger partial charge is 0.383 e. The minimum atomic E-state index is -0.310. The first-order valence-electron chi connectivity index (χ1n) is 10.5. The molecule has 1 heterocycles. The average molecular weight is 509 g/mol. The maximum absolute atomic E-state index is 12.7. The number of nitrogens with one attached hydrogen (secondary N) is 2. The summed E-state index contributed by atoms with van der Waals surface area (Å²) in [5.41, 5.74) is -0.310. The summed E-state index contributed by atoms with van der Waals surface area (Å²) in [6.07, 6.45) is 6.36. The van der Waals surface area contributed by atoms with Crippen LogP contribution in [0.5, 0.6) is 0 Å². The van der Waals surface area contributed by atoms with E-state index in [0.717, 1.165) is 77.3 Å². The smallest absolute Gasteiger partial charge is 0.230 e. The number of carbonyl (C=O) groups is 1. The maximum Gasteiger partial charge on any atom is 0.230 e. The van der Waals surface area contributed by atoms with Crippen molar-refractivity contribution in [1.82, 2.24) is 20.4 Å². The second-order valence-corrected chi connectivity index (χ2v) is 8.14. The number of rotatable bonds is 8. The van der Waals surface area contributed by atoms with Crippen molar-refractivity contribution < 1.29 is 9.53 Å². The Morgan fingerprint density at radius 1 is 1.25 bits per heavy atom. The topological polar surface area (TPSA) is 69.2 Å². The average Bonchev–Trinajstić information content (AvgIpc) is 3.15. The van der Waals surface area contributed by atoms with Crippen molar-refractivity contribution in [2.75, 3.05) is 60.5 Å². The molecule has 0 radical (unpaired) electrons. The zero-order chi connectivity index (χ0) is 19.7. The maximum atomic E-state index is 12.7. The SMILES string of the molecule is CCNC(=NCC1(C(=O)N(C)C)CCCC1)NC1CCN(CCOC)CC1.I. The molecular formula is C20H40IN5O2. The van der Waals surface area contributed by atoms with E-state index >= 15 is 0 Å². The van der Waals surface area contributed by atoms with Crippen molar-refractivity contribution in [1.29, 1.82) is 0 Å². The van der Waals surface area contributed by atoms with Crippen molar-refractivity contribution in [2.45, 2.75) is 51.5 Å². The summed E-state index contributed by atoms with van der Waals surface area (Å²) in [5, 5.41) is 6.96. The summed E-state index contributed by atoms with van der Waals surface area (Å²) in [6.45, 7) is 7.46. The number of nitrogens with zero attached hydrogens (tertiary/aromatic N) is 3. The molecule has 0 aromatic carbocycles. The summed E-state index contributed by atoms with van der Waals surface area (Å²) in [7, 11) is 5.46. The van der Waals surface area contributed by atoms with E-state index in [1.165, 1.54) is 0 Å². The van der Waals surface area contributed by atoms with Crippen molar-refractivity contribution in [3.05, 3.63) is 0 Å². The quantitative estimate of drug-likeness (QED) is 0.297. The Labute approximate surface area is 188 Å². The molecule has 28 heavy (non-hydrogen) atoms. The Hall–Kier alpha value is -0.610. The molecule has 2 rings (SSSR count). The van der Waals surface area contributed by atoms with Gasteiger partial charge in [-0.25, -0.2) is 0 Å². The summed E-state index contributed by atoms with van der Waals surface area (Å²) in [5.74, 6) is 1.08. The number of methoxy groups -OCH3 is 1. The highest BCUT2D eigenvalue weighted by Gasteiger charge is 2.42.